The molecule has 0 fully saturated rings. The SMILES string of the molecule is CCOC(=O)c1ccoc1Cn1nnc(-c2ccc(F)cc2)n1. The number of carbonyl (C=O) groups excluding carboxylic acids is 1. The lowest BCUT2D eigenvalue weighted by Gasteiger charge is -2.01. The normalized spacial score (nSPS) is 10.7. The molecule has 0 aliphatic heterocycles. The molecule has 0 saturated heterocycles. The predicted molar refractivity (Wildman–Crippen MR) is 77.0 cm³/mol. The Morgan fingerprint density at radius 2 is 2.09 bits per heavy atom. The summed E-state index contributed by atoms with van der Waals surface area (Å²) in [5.41, 5.74) is 0.968. The van der Waals surface area contributed by atoms with Crippen molar-refractivity contribution < 1.29 is 18.3 Å². The first-order chi connectivity index (χ1) is 11.2. The molecular formula is C15H13FN4O3. The summed E-state index contributed by atoms with van der Waals surface area (Å²) in [4.78, 5) is 13.1. The third kappa shape index (κ3) is 3.25. The molecule has 0 saturated carbocycles. The summed E-state index contributed by atoms with van der Waals surface area (Å²) < 4.78 is 23.2. The highest BCUT2D eigenvalue weighted by Crippen LogP contribution is 2.16. The first-order valence-corrected chi connectivity index (χ1v) is 6.94. The molecule has 0 aliphatic rings. The average Bonchev–Trinajstić information content (AvgIpc) is 3.18. The number of aromatic nitrogens is 4. The van der Waals surface area contributed by atoms with Gasteiger partial charge in [-0.1, -0.05) is 0 Å². The lowest BCUT2D eigenvalue weighted by Crippen LogP contribution is -2.10. The maximum atomic E-state index is 12.9. The number of hydrogen-bond donors (Lipinski definition) is 0. The van der Waals surface area contributed by atoms with Gasteiger partial charge in [-0.15, -0.1) is 10.2 Å². The molecule has 3 aromatic rings. The molecule has 2 heterocycles. The molecule has 0 atom stereocenters. The number of hydrogen-bond acceptors (Lipinski definition) is 6. The molecule has 0 bridgehead atoms. The molecule has 8 heteroatoms. The van der Waals surface area contributed by atoms with Gasteiger partial charge in [0.25, 0.3) is 0 Å². The van der Waals surface area contributed by atoms with E-state index in [1.54, 1.807) is 19.1 Å². The van der Waals surface area contributed by atoms with Gasteiger partial charge in [0.05, 0.1) is 12.9 Å². The number of rotatable bonds is 5. The zero-order chi connectivity index (χ0) is 16.2. The summed E-state index contributed by atoms with van der Waals surface area (Å²) in [5.74, 6) is -0.0633. The standard InChI is InChI=1S/C15H13FN4O3/c1-2-22-15(21)12-7-8-23-13(12)9-20-18-14(17-19-20)10-3-5-11(16)6-4-10/h3-8H,2,9H2,1H3. The Balaban J connectivity index is 1.79. The van der Waals surface area contributed by atoms with Crippen molar-refractivity contribution in [3.05, 3.63) is 53.7 Å². The topological polar surface area (TPSA) is 83.0 Å². The maximum absolute atomic E-state index is 12.9. The molecule has 0 amide bonds. The van der Waals surface area contributed by atoms with Gasteiger partial charge in [-0.05, 0) is 42.5 Å². The molecule has 0 N–H and O–H groups in total. The van der Waals surface area contributed by atoms with Gasteiger partial charge in [0.15, 0.2) is 0 Å². The van der Waals surface area contributed by atoms with Gasteiger partial charge < -0.3 is 9.15 Å². The number of halogens is 1. The van der Waals surface area contributed by atoms with E-state index in [4.69, 9.17) is 9.15 Å². The zero-order valence-electron chi connectivity index (χ0n) is 12.3. The van der Waals surface area contributed by atoms with Gasteiger partial charge >= 0.3 is 5.97 Å². The quantitative estimate of drug-likeness (QED) is 0.672. The van der Waals surface area contributed by atoms with Gasteiger partial charge in [-0.2, -0.15) is 4.80 Å². The Morgan fingerprint density at radius 1 is 1.30 bits per heavy atom. The van der Waals surface area contributed by atoms with Crippen LogP contribution in [0.5, 0.6) is 0 Å². The minimum Gasteiger partial charge on any atom is -0.466 e. The van der Waals surface area contributed by atoms with Crippen molar-refractivity contribution in [2.24, 2.45) is 0 Å². The predicted octanol–water partition coefficient (Wildman–Crippen LogP) is 2.30. The van der Waals surface area contributed by atoms with E-state index in [-0.39, 0.29) is 19.0 Å². The second kappa shape index (κ2) is 6.39. The maximum Gasteiger partial charge on any atom is 0.341 e. The fourth-order valence-electron chi connectivity index (χ4n) is 2.01. The summed E-state index contributed by atoms with van der Waals surface area (Å²) in [7, 11) is 0. The summed E-state index contributed by atoms with van der Waals surface area (Å²) in [6.45, 7) is 2.14. The van der Waals surface area contributed by atoms with Crippen molar-refractivity contribution in [1.29, 1.82) is 0 Å². The van der Waals surface area contributed by atoms with Crippen LogP contribution in [0.1, 0.15) is 23.0 Å². The van der Waals surface area contributed by atoms with Gasteiger partial charge in [0.2, 0.25) is 5.82 Å². The van der Waals surface area contributed by atoms with E-state index in [9.17, 15) is 9.18 Å². The van der Waals surface area contributed by atoms with Crippen LogP contribution in [0.3, 0.4) is 0 Å². The molecule has 118 valence electrons. The number of nitrogens with zero attached hydrogens (tertiary/aromatic N) is 4. The van der Waals surface area contributed by atoms with Gasteiger partial charge in [-0.25, -0.2) is 9.18 Å². The van der Waals surface area contributed by atoms with Crippen LogP contribution >= 0.6 is 0 Å². The number of esters is 1. The smallest absolute Gasteiger partial charge is 0.341 e. The Hall–Kier alpha value is -3.03. The molecule has 0 radical (unpaired) electrons. The van der Waals surface area contributed by atoms with Crippen molar-refractivity contribution >= 4 is 5.97 Å². The third-order valence-electron chi connectivity index (χ3n) is 3.08. The molecule has 1 aromatic carbocycles. The van der Waals surface area contributed by atoms with Crippen LogP contribution in [0, 0.1) is 5.82 Å². The molecule has 7 nitrogen and oxygen atoms in total. The fourth-order valence-corrected chi connectivity index (χ4v) is 2.01. The summed E-state index contributed by atoms with van der Waals surface area (Å²) in [5, 5.41) is 12.0. The summed E-state index contributed by atoms with van der Waals surface area (Å²) >= 11 is 0. The van der Waals surface area contributed by atoms with Crippen molar-refractivity contribution in [3.63, 3.8) is 0 Å². The van der Waals surface area contributed by atoms with E-state index in [0.29, 0.717) is 22.7 Å². The van der Waals surface area contributed by atoms with Crippen molar-refractivity contribution in [2.45, 2.75) is 13.5 Å². The first-order valence-electron chi connectivity index (χ1n) is 6.94. The average molecular weight is 316 g/mol. The number of furan rings is 1. The van der Waals surface area contributed by atoms with E-state index >= 15 is 0 Å². The van der Waals surface area contributed by atoms with Crippen LogP contribution in [0.25, 0.3) is 11.4 Å². The first kappa shape index (κ1) is 14.9. The highest BCUT2D eigenvalue weighted by Gasteiger charge is 2.17. The van der Waals surface area contributed by atoms with Gasteiger partial charge in [0.1, 0.15) is 23.7 Å². The highest BCUT2D eigenvalue weighted by atomic mass is 19.1. The zero-order valence-corrected chi connectivity index (χ0v) is 12.3. The Bertz CT molecular complexity index is 810. The Morgan fingerprint density at radius 3 is 2.83 bits per heavy atom. The molecule has 3 rings (SSSR count). The molecule has 23 heavy (non-hydrogen) atoms. The number of benzene rings is 1. The van der Waals surface area contributed by atoms with Crippen LogP contribution in [-0.4, -0.2) is 32.8 Å². The molecule has 0 spiro atoms. The van der Waals surface area contributed by atoms with Crippen LogP contribution in [-0.2, 0) is 11.3 Å². The minimum atomic E-state index is -0.463. The van der Waals surface area contributed by atoms with E-state index < -0.39 is 5.97 Å². The molecule has 0 aliphatic carbocycles. The molecular weight excluding hydrogens is 303 g/mol. The molecule has 2 aromatic heterocycles. The van der Waals surface area contributed by atoms with Crippen molar-refractivity contribution in [3.8, 4) is 11.4 Å². The summed E-state index contributed by atoms with van der Waals surface area (Å²) in [6.07, 6.45) is 1.40. The lowest BCUT2D eigenvalue weighted by molar-refractivity contribution is 0.0523. The van der Waals surface area contributed by atoms with E-state index in [1.807, 2.05) is 0 Å². The second-order valence-electron chi connectivity index (χ2n) is 4.63. The molecule has 0 unspecified atom stereocenters. The van der Waals surface area contributed by atoms with Crippen molar-refractivity contribution in [1.82, 2.24) is 20.2 Å². The van der Waals surface area contributed by atoms with Crippen molar-refractivity contribution in [2.75, 3.05) is 6.61 Å². The van der Waals surface area contributed by atoms with Crippen LogP contribution in [0.2, 0.25) is 0 Å². The van der Waals surface area contributed by atoms with E-state index in [0.717, 1.165) is 0 Å². The summed E-state index contributed by atoms with van der Waals surface area (Å²) in [6, 6.07) is 7.30. The number of carbonyl (C=O) groups is 1. The van der Waals surface area contributed by atoms with Crippen LogP contribution in [0.15, 0.2) is 41.0 Å². The second-order valence-corrected chi connectivity index (χ2v) is 4.63. The van der Waals surface area contributed by atoms with E-state index in [2.05, 4.69) is 15.4 Å². The fraction of sp³-hybridized carbons (Fsp3) is 0.200. The van der Waals surface area contributed by atoms with Crippen LogP contribution < -0.4 is 0 Å². The van der Waals surface area contributed by atoms with E-state index in [1.165, 1.54) is 29.3 Å². The Labute approximate surface area is 130 Å². The highest BCUT2D eigenvalue weighted by molar-refractivity contribution is 5.90. The van der Waals surface area contributed by atoms with Crippen LogP contribution in [0.4, 0.5) is 4.39 Å². The largest absolute Gasteiger partial charge is 0.466 e. The third-order valence-corrected chi connectivity index (χ3v) is 3.08. The monoisotopic (exact) mass is 316 g/mol. The number of tetrazole rings is 1. The minimum absolute atomic E-state index is 0.134. The lowest BCUT2D eigenvalue weighted by atomic mass is 10.2. The number of ether oxygens (including phenoxy) is 1. The van der Waals surface area contributed by atoms with Gasteiger partial charge in [-0.3, -0.25) is 0 Å². The Kier molecular flexibility index (Phi) is 4.13. The van der Waals surface area contributed by atoms with Gasteiger partial charge in [0, 0.05) is 5.56 Å².